The highest BCUT2D eigenvalue weighted by molar-refractivity contribution is 6.34. The molecule has 4 rings (SSSR count). The summed E-state index contributed by atoms with van der Waals surface area (Å²) in [6.45, 7) is 0. The highest BCUT2D eigenvalue weighted by Crippen LogP contribution is 2.28. The molecule has 0 spiro atoms. The van der Waals surface area contributed by atoms with Gasteiger partial charge in [-0.1, -0.05) is 36.4 Å². The molecule has 0 atom stereocenters. The van der Waals surface area contributed by atoms with Gasteiger partial charge in [-0.3, -0.25) is 14.4 Å². The van der Waals surface area contributed by atoms with Crippen molar-refractivity contribution >= 4 is 29.1 Å². The molecule has 3 aromatic rings. The Bertz CT molecular complexity index is 1140. The van der Waals surface area contributed by atoms with Crippen molar-refractivity contribution in [3.8, 4) is 6.07 Å². The number of benzene rings is 3. The second-order valence-electron chi connectivity index (χ2n) is 6.54. The Labute approximate surface area is 167 Å². The van der Waals surface area contributed by atoms with Crippen LogP contribution in [0.4, 0.5) is 11.4 Å². The fourth-order valence-electron chi connectivity index (χ4n) is 3.26. The van der Waals surface area contributed by atoms with Crippen LogP contribution in [0.2, 0.25) is 0 Å². The Morgan fingerprint density at radius 2 is 1.45 bits per heavy atom. The lowest BCUT2D eigenvalue weighted by atomic mass is 10.1. The van der Waals surface area contributed by atoms with Gasteiger partial charge in [0, 0.05) is 0 Å². The lowest BCUT2D eigenvalue weighted by Gasteiger charge is -2.14. The van der Waals surface area contributed by atoms with E-state index in [-0.39, 0.29) is 24.1 Å². The van der Waals surface area contributed by atoms with E-state index >= 15 is 0 Å². The average Bonchev–Trinajstić information content (AvgIpc) is 3.00. The maximum absolute atomic E-state index is 12.5. The van der Waals surface area contributed by atoms with Crippen molar-refractivity contribution in [1.29, 1.82) is 5.26 Å². The summed E-state index contributed by atoms with van der Waals surface area (Å²) >= 11 is 0. The molecule has 0 saturated heterocycles. The largest absolute Gasteiger partial charge is 0.325 e. The molecule has 0 unspecified atom stereocenters. The first-order valence-electron chi connectivity index (χ1n) is 8.94. The molecule has 29 heavy (non-hydrogen) atoms. The smallest absolute Gasteiger partial charge is 0.266 e. The molecule has 6 heteroatoms. The second-order valence-corrected chi connectivity index (χ2v) is 6.54. The van der Waals surface area contributed by atoms with Crippen LogP contribution >= 0.6 is 0 Å². The van der Waals surface area contributed by atoms with Gasteiger partial charge >= 0.3 is 0 Å². The number of carbonyl (C=O) groups excluding carboxylic acids is 3. The highest BCUT2D eigenvalue weighted by Gasteiger charge is 2.36. The predicted octanol–water partition coefficient (Wildman–Crippen LogP) is 3.54. The zero-order chi connectivity index (χ0) is 20.4. The van der Waals surface area contributed by atoms with Crippen molar-refractivity contribution in [2.24, 2.45) is 0 Å². The minimum Gasteiger partial charge on any atom is -0.325 e. The first-order chi connectivity index (χ1) is 14.1. The number of para-hydroxylation sites is 1. The fourth-order valence-corrected chi connectivity index (χ4v) is 3.26. The number of hydrogen-bond acceptors (Lipinski definition) is 4. The Morgan fingerprint density at radius 3 is 2.07 bits per heavy atom. The average molecular weight is 381 g/mol. The minimum atomic E-state index is -0.357. The zero-order valence-electron chi connectivity index (χ0n) is 15.3. The van der Waals surface area contributed by atoms with Crippen LogP contribution in [0, 0.1) is 11.3 Å². The highest BCUT2D eigenvalue weighted by atomic mass is 16.2. The topological polar surface area (TPSA) is 90.3 Å². The molecule has 3 aromatic carbocycles. The van der Waals surface area contributed by atoms with Crippen LogP contribution in [0.15, 0.2) is 72.8 Å². The fraction of sp³-hybridized carbons (Fsp3) is 0.0435. The summed E-state index contributed by atoms with van der Waals surface area (Å²) in [6, 6.07) is 22.2. The number of carbonyl (C=O) groups is 3. The Hall–Kier alpha value is -4.24. The first-order valence-corrected chi connectivity index (χ1v) is 8.94. The Kier molecular flexibility index (Phi) is 4.63. The molecule has 1 heterocycles. The standard InChI is InChI=1S/C23H15N3O3/c24-14-16-5-1-4-8-20(16)25-21(27)13-15-9-11-17(12-10-15)26-22(28)18-6-2-3-7-19(18)23(26)29/h1-12H,13H2,(H,25,27). The molecular formula is C23H15N3O3. The van der Waals surface area contributed by atoms with E-state index in [0.29, 0.717) is 28.1 Å². The molecule has 6 nitrogen and oxygen atoms in total. The van der Waals surface area contributed by atoms with E-state index in [2.05, 4.69) is 5.32 Å². The van der Waals surface area contributed by atoms with Crippen molar-refractivity contribution in [2.75, 3.05) is 10.2 Å². The number of anilines is 2. The van der Waals surface area contributed by atoms with Gasteiger partial charge in [0.1, 0.15) is 6.07 Å². The van der Waals surface area contributed by atoms with Crippen molar-refractivity contribution in [3.63, 3.8) is 0 Å². The molecule has 1 aliphatic rings. The number of hydrogen-bond donors (Lipinski definition) is 1. The number of nitriles is 1. The van der Waals surface area contributed by atoms with Crippen molar-refractivity contribution < 1.29 is 14.4 Å². The van der Waals surface area contributed by atoms with Crippen LogP contribution in [0.1, 0.15) is 31.8 Å². The van der Waals surface area contributed by atoms with E-state index in [4.69, 9.17) is 5.26 Å². The first kappa shape index (κ1) is 18.1. The third kappa shape index (κ3) is 3.37. The molecule has 0 radical (unpaired) electrons. The van der Waals surface area contributed by atoms with Gasteiger partial charge in [0.05, 0.1) is 34.5 Å². The van der Waals surface area contributed by atoms with Crippen molar-refractivity contribution in [3.05, 3.63) is 95.1 Å². The Balaban J connectivity index is 1.48. The number of rotatable bonds is 4. The molecule has 0 aliphatic carbocycles. The number of amides is 3. The van der Waals surface area contributed by atoms with E-state index in [1.165, 1.54) is 0 Å². The summed E-state index contributed by atoms with van der Waals surface area (Å²) < 4.78 is 0. The molecule has 140 valence electrons. The van der Waals surface area contributed by atoms with E-state index in [9.17, 15) is 14.4 Å². The summed E-state index contributed by atoms with van der Waals surface area (Å²) in [5.74, 6) is -0.977. The van der Waals surface area contributed by atoms with Gasteiger partial charge in [-0.15, -0.1) is 0 Å². The van der Waals surface area contributed by atoms with Crippen LogP contribution in [0.25, 0.3) is 0 Å². The number of fused-ring (bicyclic) bond motifs is 1. The molecule has 0 saturated carbocycles. The van der Waals surface area contributed by atoms with Crippen molar-refractivity contribution in [1.82, 2.24) is 0 Å². The van der Waals surface area contributed by atoms with Gasteiger partial charge in [0.2, 0.25) is 5.91 Å². The molecule has 1 aliphatic heterocycles. The number of nitrogens with zero attached hydrogens (tertiary/aromatic N) is 2. The third-order valence-electron chi connectivity index (χ3n) is 4.67. The number of nitrogens with one attached hydrogen (secondary N) is 1. The van der Waals surface area contributed by atoms with Gasteiger partial charge < -0.3 is 5.32 Å². The summed E-state index contributed by atoms with van der Waals surface area (Å²) in [7, 11) is 0. The quantitative estimate of drug-likeness (QED) is 0.700. The van der Waals surface area contributed by atoms with Gasteiger partial charge in [0.25, 0.3) is 11.8 Å². The van der Waals surface area contributed by atoms with Crippen LogP contribution in [-0.4, -0.2) is 17.7 Å². The maximum Gasteiger partial charge on any atom is 0.266 e. The van der Waals surface area contributed by atoms with Gasteiger partial charge in [-0.05, 0) is 42.0 Å². The molecule has 1 N–H and O–H groups in total. The molecule has 0 bridgehead atoms. The van der Waals surface area contributed by atoms with Gasteiger partial charge in [-0.25, -0.2) is 4.90 Å². The monoisotopic (exact) mass is 381 g/mol. The van der Waals surface area contributed by atoms with Crippen LogP contribution in [0.5, 0.6) is 0 Å². The molecule has 0 aromatic heterocycles. The van der Waals surface area contributed by atoms with E-state index in [0.717, 1.165) is 10.5 Å². The van der Waals surface area contributed by atoms with Crippen LogP contribution in [0.3, 0.4) is 0 Å². The minimum absolute atomic E-state index is 0.0994. The van der Waals surface area contributed by atoms with E-state index in [1.807, 2.05) is 6.07 Å². The van der Waals surface area contributed by atoms with Crippen LogP contribution in [-0.2, 0) is 11.2 Å². The SMILES string of the molecule is N#Cc1ccccc1NC(=O)Cc1ccc(N2C(=O)c3ccccc3C2=O)cc1. The van der Waals surface area contributed by atoms with Gasteiger partial charge in [0.15, 0.2) is 0 Å². The van der Waals surface area contributed by atoms with Crippen molar-refractivity contribution in [2.45, 2.75) is 6.42 Å². The summed E-state index contributed by atoms with van der Waals surface area (Å²) in [5, 5.41) is 11.8. The summed E-state index contributed by atoms with van der Waals surface area (Å²) in [5.41, 5.74) is 2.80. The lowest BCUT2D eigenvalue weighted by molar-refractivity contribution is -0.115. The summed E-state index contributed by atoms with van der Waals surface area (Å²) in [6.07, 6.45) is 0.0994. The van der Waals surface area contributed by atoms with E-state index < -0.39 is 0 Å². The predicted molar refractivity (Wildman–Crippen MR) is 108 cm³/mol. The second kappa shape index (κ2) is 7.41. The van der Waals surface area contributed by atoms with Crippen LogP contribution < -0.4 is 10.2 Å². The Morgan fingerprint density at radius 1 is 0.862 bits per heavy atom. The summed E-state index contributed by atoms with van der Waals surface area (Å²) in [4.78, 5) is 38.5. The molecule has 3 amide bonds. The molecular weight excluding hydrogens is 366 g/mol. The third-order valence-corrected chi connectivity index (χ3v) is 4.67. The lowest BCUT2D eigenvalue weighted by Crippen LogP contribution is -2.29. The number of imide groups is 1. The van der Waals surface area contributed by atoms with Gasteiger partial charge in [-0.2, -0.15) is 5.26 Å². The van der Waals surface area contributed by atoms with E-state index in [1.54, 1.807) is 72.8 Å². The maximum atomic E-state index is 12.5. The zero-order valence-corrected chi connectivity index (χ0v) is 15.3. The molecule has 0 fully saturated rings. The normalized spacial score (nSPS) is 12.4.